The van der Waals surface area contributed by atoms with Gasteiger partial charge in [0.15, 0.2) is 0 Å². The Morgan fingerprint density at radius 2 is 2.42 bits per heavy atom. The lowest BCUT2D eigenvalue weighted by Gasteiger charge is -2.14. The average molecular weight is 166 g/mol. The summed E-state index contributed by atoms with van der Waals surface area (Å²) in [5, 5.41) is 3.90. The van der Waals surface area contributed by atoms with Gasteiger partial charge in [-0.1, -0.05) is 22.9 Å². The normalized spacial score (nSPS) is 25.8. The van der Waals surface area contributed by atoms with Gasteiger partial charge in [0.25, 0.3) is 0 Å². The van der Waals surface area contributed by atoms with E-state index in [9.17, 15) is 0 Å². The summed E-state index contributed by atoms with van der Waals surface area (Å²) in [4.78, 5) is 4.92. The first kappa shape index (κ1) is 9.00. The molecule has 0 saturated carbocycles. The molecule has 0 heterocycles. The molecule has 0 aliphatic heterocycles. The van der Waals surface area contributed by atoms with E-state index in [2.05, 4.69) is 5.16 Å². The van der Waals surface area contributed by atoms with Crippen LogP contribution in [0.5, 0.6) is 0 Å². The molecule has 0 radical (unpaired) electrons. The topological polar surface area (TPSA) is 47.6 Å². The van der Waals surface area contributed by atoms with Crippen molar-refractivity contribution >= 4 is 5.71 Å². The quantitative estimate of drug-likeness (QED) is 0.627. The van der Waals surface area contributed by atoms with E-state index >= 15 is 0 Å². The van der Waals surface area contributed by atoms with E-state index in [1.165, 1.54) is 0 Å². The molecular formula is C9H14N2O. The van der Waals surface area contributed by atoms with Crippen LogP contribution in [0.1, 0.15) is 13.8 Å². The Morgan fingerprint density at radius 3 is 3.08 bits per heavy atom. The van der Waals surface area contributed by atoms with Gasteiger partial charge in [-0.3, -0.25) is 0 Å². The number of hydrogen-bond donors (Lipinski definition) is 1. The van der Waals surface area contributed by atoms with Crippen LogP contribution < -0.4 is 5.73 Å². The summed E-state index contributed by atoms with van der Waals surface area (Å²) in [7, 11) is 0. The maximum Gasteiger partial charge on any atom is 0.114 e. The van der Waals surface area contributed by atoms with Crippen LogP contribution in [-0.4, -0.2) is 18.4 Å². The Hall–Kier alpha value is -1.09. The standard InChI is InChI=1S/C9H14N2O/c1-3-12-11-8-6-4-5-7(2)9(8)10/h4-6,9H,3,10H2,1-2H3. The van der Waals surface area contributed by atoms with E-state index in [4.69, 9.17) is 10.6 Å². The molecule has 0 saturated heterocycles. The maximum absolute atomic E-state index is 5.83. The molecule has 1 unspecified atom stereocenters. The largest absolute Gasteiger partial charge is 0.396 e. The summed E-state index contributed by atoms with van der Waals surface area (Å²) in [5.74, 6) is 0. The minimum Gasteiger partial charge on any atom is -0.396 e. The summed E-state index contributed by atoms with van der Waals surface area (Å²) in [5.41, 5.74) is 7.73. The predicted octanol–water partition coefficient (Wildman–Crippen LogP) is 1.22. The Morgan fingerprint density at radius 1 is 1.67 bits per heavy atom. The van der Waals surface area contributed by atoms with Crippen LogP contribution in [0.15, 0.2) is 29.0 Å². The zero-order chi connectivity index (χ0) is 8.97. The zero-order valence-corrected chi connectivity index (χ0v) is 7.45. The number of hydrogen-bond acceptors (Lipinski definition) is 3. The highest BCUT2D eigenvalue weighted by atomic mass is 16.6. The van der Waals surface area contributed by atoms with Crippen LogP contribution in [0.3, 0.4) is 0 Å². The highest BCUT2D eigenvalue weighted by Crippen LogP contribution is 2.08. The molecule has 0 bridgehead atoms. The van der Waals surface area contributed by atoms with Crippen molar-refractivity contribution in [1.82, 2.24) is 0 Å². The third-order valence-corrected chi connectivity index (χ3v) is 1.73. The minimum atomic E-state index is -0.110. The van der Waals surface area contributed by atoms with E-state index in [1.54, 1.807) is 0 Å². The third kappa shape index (κ3) is 1.95. The Balaban J connectivity index is 2.69. The Kier molecular flexibility index (Phi) is 3.05. The summed E-state index contributed by atoms with van der Waals surface area (Å²) in [6, 6.07) is -0.110. The zero-order valence-electron chi connectivity index (χ0n) is 7.45. The smallest absolute Gasteiger partial charge is 0.114 e. The number of oxime groups is 1. The Labute approximate surface area is 72.6 Å². The fourth-order valence-corrected chi connectivity index (χ4v) is 0.965. The molecule has 0 aromatic rings. The van der Waals surface area contributed by atoms with Gasteiger partial charge in [-0.15, -0.1) is 0 Å². The van der Waals surface area contributed by atoms with Crippen LogP contribution in [-0.2, 0) is 4.84 Å². The molecule has 2 N–H and O–H groups in total. The van der Waals surface area contributed by atoms with Gasteiger partial charge >= 0.3 is 0 Å². The van der Waals surface area contributed by atoms with Crippen molar-refractivity contribution in [1.29, 1.82) is 0 Å². The SMILES string of the molecule is CCON=C1C=CC=C(C)C1N. The van der Waals surface area contributed by atoms with Gasteiger partial charge < -0.3 is 10.6 Å². The first-order valence-corrected chi connectivity index (χ1v) is 4.06. The number of rotatable bonds is 2. The fraction of sp³-hybridized carbons (Fsp3) is 0.444. The van der Waals surface area contributed by atoms with Crippen molar-refractivity contribution in [2.45, 2.75) is 19.9 Å². The highest BCUT2D eigenvalue weighted by Gasteiger charge is 2.13. The molecule has 1 aliphatic rings. The average Bonchev–Trinajstić information content (AvgIpc) is 2.08. The molecule has 12 heavy (non-hydrogen) atoms. The lowest BCUT2D eigenvalue weighted by Crippen LogP contribution is -2.32. The molecule has 0 amide bonds. The predicted molar refractivity (Wildman–Crippen MR) is 49.9 cm³/mol. The molecule has 0 spiro atoms. The van der Waals surface area contributed by atoms with Crippen molar-refractivity contribution in [2.24, 2.45) is 10.9 Å². The van der Waals surface area contributed by atoms with E-state index in [0.717, 1.165) is 11.3 Å². The van der Waals surface area contributed by atoms with Crippen molar-refractivity contribution in [2.75, 3.05) is 6.61 Å². The number of nitrogens with two attached hydrogens (primary N) is 1. The van der Waals surface area contributed by atoms with Gasteiger partial charge in [0.05, 0.1) is 6.04 Å². The number of nitrogens with zero attached hydrogens (tertiary/aromatic N) is 1. The van der Waals surface area contributed by atoms with Gasteiger partial charge in [-0.2, -0.15) is 0 Å². The Bertz CT molecular complexity index is 241. The second-order valence-electron chi connectivity index (χ2n) is 2.68. The molecule has 0 aromatic carbocycles. The lowest BCUT2D eigenvalue weighted by molar-refractivity contribution is 0.158. The fourth-order valence-electron chi connectivity index (χ4n) is 0.965. The van der Waals surface area contributed by atoms with Crippen LogP contribution in [0.4, 0.5) is 0 Å². The molecule has 3 heteroatoms. The minimum absolute atomic E-state index is 0.110. The molecule has 0 aromatic heterocycles. The highest BCUT2D eigenvalue weighted by molar-refractivity contribution is 6.02. The van der Waals surface area contributed by atoms with Gasteiger partial charge in [0.2, 0.25) is 0 Å². The molecule has 66 valence electrons. The molecule has 1 atom stereocenters. The van der Waals surface area contributed by atoms with Gasteiger partial charge in [0.1, 0.15) is 12.3 Å². The lowest BCUT2D eigenvalue weighted by atomic mass is 10.00. The van der Waals surface area contributed by atoms with E-state index in [-0.39, 0.29) is 6.04 Å². The summed E-state index contributed by atoms with van der Waals surface area (Å²) >= 11 is 0. The monoisotopic (exact) mass is 166 g/mol. The van der Waals surface area contributed by atoms with Crippen molar-refractivity contribution in [3.05, 3.63) is 23.8 Å². The maximum atomic E-state index is 5.83. The van der Waals surface area contributed by atoms with E-state index in [1.807, 2.05) is 32.1 Å². The first-order chi connectivity index (χ1) is 5.75. The second kappa shape index (κ2) is 4.07. The molecule has 0 fully saturated rings. The van der Waals surface area contributed by atoms with Crippen LogP contribution >= 0.6 is 0 Å². The van der Waals surface area contributed by atoms with Crippen molar-refractivity contribution in [3.8, 4) is 0 Å². The van der Waals surface area contributed by atoms with Crippen LogP contribution in [0.25, 0.3) is 0 Å². The van der Waals surface area contributed by atoms with Gasteiger partial charge in [-0.05, 0) is 19.9 Å². The van der Waals surface area contributed by atoms with Crippen molar-refractivity contribution < 1.29 is 4.84 Å². The second-order valence-corrected chi connectivity index (χ2v) is 2.68. The first-order valence-electron chi connectivity index (χ1n) is 4.06. The summed E-state index contributed by atoms with van der Waals surface area (Å²) in [6.07, 6.45) is 5.78. The van der Waals surface area contributed by atoms with Crippen LogP contribution in [0, 0.1) is 0 Å². The van der Waals surface area contributed by atoms with Gasteiger partial charge in [-0.25, -0.2) is 0 Å². The third-order valence-electron chi connectivity index (χ3n) is 1.73. The molecule has 1 aliphatic carbocycles. The van der Waals surface area contributed by atoms with E-state index < -0.39 is 0 Å². The molecular weight excluding hydrogens is 152 g/mol. The van der Waals surface area contributed by atoms with E-state index in [0.29, 0.717) is 6.61 Å². The van der Waals surface area contributed by atoms with Crippen LogP contribution in [0.2, 0.25) is 0 Å². The molecule has 1 rings (SSSR count). The van der Waals surface area contributed by atoms with Crippen molar-refractivity contribution in [3.63, 3.8) is 0 Å². The molecule has 3 nitrogen and oxygen atoms in total. The number of allylic oxidation sites excluding steroid dienone is 2. The summed E-state index contributed by atoms with van der Waals surface area (Å²) in [6.45, 7) is 4.45. The van der Waals surface area contributed by atoms with Gasteiger partial charge in [0, 0.05) is 0 Å². The summed E-state index contributed by atoms with van der Waals surface area (Å²) < 4.78 is 0.